The van der Waals surface area contributed by atoms with Crippen molar-refractivity contribution in [3.05, 3.63) is 73.1 Å². The highest BCUT2D eigenvalue weighted by Crippen LogP contribution is 2.28. The molecule has 34 heavy (non-hydrogen) atoms. The van der Waals surface area contributed by atoms with Gasteiger partial charge in [0.25, 0.3) is 0 Å². The molecule has 1 fully saturated rings. The van der Waals surface area contributed by atoms with Crippen LogP contribution in [-0.2, 0) is 10.0 Å². The Balaban J connectivity index is 1.59. The van der Waals surface area contributed by atoms with Crippen LogP contribution in [0.4, 0.5) is 17.3 Å². The average Bonchev–Trinajstić information content (AvgIpc) is 3.28. The molecule has 0 aliphatic carbocycles. The van der Waals surface area contributed by atoms with E-state index in [9.17, 15) is 8.42 Å². The van der Waals surface area contributed by atoms with Gasteiger partial charge in [-0.15, -0.1) is 0 Å². The van der Waals surface area contributed by atoms with E-state index in [1.807, 2.05) is 59.4 Å². The van der Waals surface area contributed by atoms with Gasteiger partial charge in [0, 0.05) is 56.7 Å². The van der Waals surface area contributed by atoms with E-state index in [0.717, 1.165) is 48.6 Å². The summed E-state index contributed by atoms with van der Waals surface area (Å²) in [6, 6.07) is 19.5. The van der Waals surface area contributed by atoms with Crippen molar-refractivity contribution >= 4 is 38.4 Å². The molecule has 0 atom stereocenters. The minimum atomic E-state index is -3.36. The summed E-state index contributed by atoms with van der Waals surface area (Å²) in [7, 11) is -1.81. The molecular formula is C24H27N7O2S. The highest BCUT2D eigenvalue weighted by Gasteiger charge is 2.23. The Morgan fingerprint density at radius 3 is 2.44 bits per heavy atom. The van der Waals surface area contributed by atoms with E-state index in [4.69, 9.17) is 9.97 Å². The van der Waals surface area contributed by atoms with E-state index in [1.165, 1.54) is 10.6 Å². The lowest BCUT2D eigenvalue weighted by Crippen LogP contribution is -2.51. The Morgan fingerprint density at radius 1 is 0.971 bits per heavy atom. The van der Waals surface area contributed by atoms with E-state index in [2.05, 4.69) is 27.5 Å². The third-order valence-electron chi connectivity index (χ3n) is 5.95. The van der Waals surface area contributed by atoms with Crippen LogP contribution in [0.25, 0.3) is 16.7 Å². The van der Waals surface area contributed by atoms with Gasteiger partial charge >= 0.3 is 0 Å². The normalized spacial score (nSPS) is 14.9. The maximum atomic E-state index is 12.0. The van der Waals surface area contributed by atoms with Crippen LogP contribution in [0, 0.1) is 0 Å². The molecule has 0 unspecified atom stereocenters. The number of fused-ring (bicyclic) bond motifs is 1. The highest BCUT2D eigenvalue weighted by molar-refractivity contribution is 7.92. The first-order chi connectivity index (χ1) is 16.4. The Hall–Kier alpha value is -3.47. The van der Waals surface area contributed by atoms with Gasteiger partial charge in [-0.3, -0.25) is 4.31 Å². The first-order valence-corrected chi connectivity index (χ1v) is 13.0. The molecule has 2 aromatic carbocycles. The van der Waals surface area contributed by atoms with Crippen LogP contribution >= 0.6 is 0 Å². The number of rotatable bonds is 6. The van der Waals surface area contributed by atoms with Crippen LogP contribution in [0.1, 0.15) is 0 Å². The summed E-state index contributed by atoms with van der Waals surface area (Å²) in [6.45, 7) is 3.47. The number of nitrogens with one attached hydrogen (secondary N) is 1. The molecule has 1 aliphatic rings. The Kier molecular flexibility index (Phi) is 5.94. The van der Waals surface area contributed by atoms with E-state index in [0.29, 0.717) is 11.6 Å². The standard InChI is InChI=1S/C24H27N7O2S/c1-28(34(2,32)33)21-9-6-10-22(17-21)30-14-11-19-18-26-24(27-23(19)30)31(20-7-4-3-5-8-20)29-15-12-25-13-16-29/h3-11,14,17-18,25H,12-13,15-16H2,1-2H3. The molecule has 0 saturated carbocycles. The summed E-state index contributed by atoms with van der Waals surface area (Å²) >= 11 is 0. The largest absolute Gasteiger partial charge is 0.314 e. The molecule has 0 spiro atoms. The Morgan fingerprint density at radius 2 is 1.71 bits per heavy atom. The van der Waals surface area contributed by atoms with Crippen molar-refractivity contribution in [2.24, 2.45) is 0 Å². The number of para-hydroxylation sites is 1. The van der Waals surface area contributed by atoms with Crippen molar-refractivity contribution in [2.75, 3.05) is 48.8 Å². The molecule has 176 valence electrons. The first kappa shape index (κ1) is 22.3. The van der Waals surface area contributed by atoms with Crippen molar-refractivity contribution in [1.82, 2.24) is 24.9 Å². The average molecular weight is 478 g/mol. The van der Waals surface area contributed by atoms with Gasteiger partial charge in [0.2, 0.25) is 16.0 Å². The van der Waals surface area contributed by atoms with Crippen LogP contribution in [0.3, 0.4) is 0 Å². The molecule has 10 heteroatoms. The quantitative estimate of drug-likeness (QED) is 0.457. The topological polar surface area (TPSA) is 86.6 Å². The van der Waals surface area contributed by atoms with Gasteiger partial charge in [-0.2, -0.15) is 4.98 Å². The summed E-state index contributed by atoms with van der Waals surface area (Å²) in [5, 5.41) is 8.62. The summed E-state index contributed by atoms with van der Waals surface area (Å²) in [4.78, 5) is 9.67. The third kappa shape index (κ3) is 4.35. The van der Waals surface area contributed by atoms with Crippen LogP contribution in [-0.4, -0.2) is 67.4 Å². The molecule has 2 aromatic heterocycles. The molecule has 3 heterocycles. The SMILES string of the molecule is CN(c1cccc(-n2ccc3cnc(N(c4ccccc4)N4CCNCC4)nc32)c1)S(C)(=O)=O. The van der Waals surface area contributed by atoms with Crippen molar-refractivity contribution in [3.8, 4) is 5.69 Å². The minimum Gasteiger partial charge on any atom is -0.314 e. The van der Waals surface area contributed by atoms with Gasteiger partial charge in [-0.25, -0.2) is 23.4 Å². The third-order valence-corrected chi connectivity index (χ3v) is 7.16. The molecule has 5 rings (SSSR count). The number of sulfonamides is 1. The lowest BCUT2D eigenvalue weighted by molar-refractivity contribution is 0.240. The minimum absolute atomic E-state index is 0.586. The molecule has 0 radical (unpaired) electrons. The van der Waals surface area contributed by atoms with Crippen LogP contribution in [0.2, 0.25) is 0 Å². The fourth-order valence-electron chi connectivity index (χ4n) is 4.08. The second-order valence-corrected chi connectivity index (χ2v) is 10.2. The fraction of sp³-hybridized carbons (Fsp3) is 0.250. The van der Waals surface area contributed by atoms with Gasteiger partial charge in [-0.05, 0) is 36.4 Å². The van der Waals surface area contributed by atoms with Crippen LogP contribution in [0.5, 0.6) is 0 Å². The zero-order valence-electron chi connectivity index (χ0n) is 19.2. The van der Waals surface area contributed by atoms with E-state index < -0.39 is 10.0 Å². The zero-order chi connectivity index (χ0) is 23.7. The van der Waals surface area contributed by atoms with Gasteiger partial charge in [0.15, 0.2) is 0 Å². The first-order valence-electron chi connectivity index (χ1n) is 11.1. The van der Waals surface area contributed by atoms with Gasteiger partial charge in [0.05, 0.1) is 17.6 Å². The smallest absolute Gasteiger partial charge is 0.247 e. The Bertz CT molecular complexity index is 1400. The fourth-order valence-corrected chi connectivity index (χ4v) is 4.57. The van der Waals surface area contributed by atoms with Crippen molar-refractivity contribution < 1.29 is 8.42 Å². The molecule has 4 aromatic rings. The molecular weight excluding hydrogens is 450 g/mol. The predicted octanol–water partition coefficient (Wildman–Crippen LogP) is 2.77. The van der Waals surface area contributed by atoms with E-state index >= 15 is 0 Å². The highest BCUT2D eigenvalue weighted by atomic mass is 32.2. The van der Waals surface area contributed by atoms with Crippen molar-refractivity contribution in [2.45, 2.75) is 0 Å². The molecule has 1 aliphatic heterocycles. The van der Waals surface area contributed by atoms with E-state index in [1.54, 1.807) is 13.1 Å². The molecule has 0 bridgehead atoms. The maximum absolute atomic E-state index is 12.0. The monoisotopic (exact) mass is 477 g/mol. The second kappa shape index (κ2) is 9.05. The van der Waals surface area contributed by atoms with Crippen molar-refractivity contribution in [1.29, 1.82) is 0 Å². The number of anilines is 3. The van der Waals surface area contributed by atoms with Crippen LogP contribution < -0.4 is 14.6 Å². The number of hydrogen-bond acceptors (Lipinski definition) is 7. The van der Waals surface area contributed by atoms with Crippen molar-refractivity contribution in [3.63, 3.8) is 0 Å². The summed E-state index contributed by atoms with van der Waals surface area (Å²) < 4.78 is 27.3. The Labute approximate surface area is 199 Å². The number of piperazine rings is 1. The molecule has 1 N–H and O–H groups in total. The molecule has 9 nitrogen and oxygen atoms in total. The summed E-state index contributed by atoms with van der Waals surface area (Å²) in [5.74, 6) is 0.588. The summed E-state index contributed by atoms with van der Waals surface area (Å²) in [5.41, 5.74) is 3.16. The predicted molar refractivity (Wildman–Crippen MR) is 135 cm³/mol. The number of aromatic nitrogens is 3. The van der Waals surface area contributed by atoms with Gasteiger partial charge in [-0.1, -0.05) is 24.3 Å². The molecule has 0 amide bonds. The number of hydrogen-bond donors (Lipinski definition) is 1. The van der Waals surface area contributed by atoms with Gasteiger partial charge in [0.1, 0.15) is 5.65 Å². The van der Waals surface area contributed by atoms with Gasteiger partial charge < -0.3 is 9.88 Å². The molecule has 1 saturated heterocycles. The maximum Gasteiger partial charge on any atom is 0.247 e. The van der Waals surface area contributed by atoms with Crippen LogP contribution in [0.15, 0.2) is 73.1 Å². The summed E-state index contributed by atoms with van der Waals surface area (Å²) in [6.07, 6.45) is 4.96. The zero-order valence-corrected chi connectivity index (χ0v) is 20.0. The number of hydrazine groups is 1. The number of nitrogens with zero attached hydrogens (tertiary/aromatic N) is 6. The lowest BCUT2D eigenvalue weighted by atomic mass is 10.2. The second-order valence-electron chi connectivity index (χ2n) is 8.24. The van der Waals surface area contributed by atoms with E-state index in [-0.39, 0.29) is 0 Å². The number of benzene rings is 2. The lowest BCUT2D eigenvalue weighted by Gasteiger charge is -2.37.